The standard InChI is InChI=1S/C29H24ClFN2O2/c30-23-9-7-21(8-10-23)22-14-26(31)27(33-17-22)11-5-19-6-12-29-25(13-19)28(34)15-24(35-29)18-32-16-20-3-1-2-4-20/h6-10,12-15,17,20,32H,1-4,16,18H2. The normalized spacial score (nSPS) is 13.7. The number of halogens is 2. The quantitative estimate of drug-likeness (QED) is 0.335. The molecule has 4 aromatic rings. The number of fused-ring (bicyclic) bond motifs is 1. The first-order valence-corrected chi connectivity index (χ1v) is 12.1. The Morgan fingerprint density at radius 1 is 1.03 bits per heavy atom. The first-order chi connectivity index (χ1) is 17.0. The molecule has 0 atom stereocenters. The molecule has 1 aliphatic rings. The maximum Gasteiger partial charge on any atom is 0.193 e. The Balaban J connectivity index is 1.32. The summed E-state index contributed by atoms with van der Waals surface area (Å²) < 4.78 is 20.5. The van der Waals surface area contributed by atoms with Crippen LogP contribution in [0.3, 0.4) is 0 Å². The minimum absolute atomic E-state index is 0.0403. The van der Waals surface area contributed by atoms with Gasteiger partial charge in [0.15, 0.2) is 11.2 Å². The summed E-state index contributed by atoms with van der Waals surface area (Å²) in [7, 11) is 0. The topological polar surface area (TPSA) is 55.1 Å². The summed E-state index contributed by atoms with van der Waals surface area (Å²) in [6.07, 6.45) is 6.72. The summed E-state index contributed by atoms with van der Waals surface area (Å²) in [6.45, 7) is 1.47. The Hall–Kier alpha value is -3.46. The van der Waals surface area contributed by atoms with E-state index in [1.165, 1.54) is 37.8 Å². The Kier molecular flexibility index (Phi) is 6.94. The predicted molar refractivity (Wildman–Crippen MR) is 137 cm³/mol. The maximum atomic E-state index is 14.6. The first-order valence-electron chi connectivity index (χ1n) is 11.8. The van der Waals surface area contributed by atoms with E-state index in [9.17, 15) is 9.18 Å². The van der Waals surface area contributed by atoms with E-state index < -0.39 is 5.82 Å². The maximum absolute atomic E-state index is 14.6. The van der Waals surface area contributed by atoms with Gasteiger partial charge in [-0.25, -0.2) is 9.37 Å². The Bertz CT molecular complexity index is 1480. The van der Waals surface area contributed by atoms with Crippen molar-refractivity contribution in [1.82, 2.24) is 10.3 Å². The first kappa shape index (κ1) is 23.3. The fourth-order valence-electron chi connectivity index (χ4n) is 4.45. The monoisotopic (exact) mass is 486 g/mol. The van der Waals surface area contributed by atoms with Crippen LogP contribution in [0.5, 0.6) is 0 Å². The van der Waals surface area contributed by atoms with Crippen molar-refractivity contribution in [2.45, 2.75) is 32.2 Å². The molecule has 0 aliphatic heterocycles. The van der Waals surface area contributed by atoms with Gasteiger partial charge in [-0.05, 0) is 73.2 Å². The van der Waals surface area contributed by atoms with Crippen molar-refractivity contribution in [2.75, 3.05) is 6.54 Å². The van der Waals surface area contributed by atoms with E-state index in [1.807, 2.05) is 12.1 Å². The molecule has 176 valence electrons. The number of rotatable bonds is 5. The van der Waals surface area contributed by atoms with Crippen molar-refractivity contribution in [3.63, 3.8) is 0 Å². The number of hydrogen-bond donors (Lipinski definition) is 1. The Morgan fingerprint density at radius 2 is 1.83 bits per heavy atom. The molecule has 0 bridgehead atoms. The zero-order valence-electron chi connectivity index (χ0n) is 19.1. The van der Waals surface area contributed by atoms with Gasteiger partial charge in [0.05, 0.1) is 11.9 Å². The third-order valence-electron chi connectivity index (χ3n) is 6.33. The molecule has 5 rings (SSSR count). The average molecular weight is 487 g/mol. The molecule has 35 heavy (non-hydrogen) atoms. The molecule has 2 aromatic heterocycles. The van der Waals surface area contributed by atoms with Crippen LogP contribution in [-0.2, 0) is 6.54 Å². The number of nitrogens with one attached hydrogen (secondary N) is 1. The molecule has 0 radical (unpaired) electrons. The largest absolute Gasteiger partial charge is 0.459 e. The summed E-state index contributed by atoms with van der Waals surface area (Å²) in [5.41, 5.74) is 2.47. The van der Waals surface area contributed by atoms with Gasteiger partial charge in [-0.15, -0.1) is 0 Å². The number of benzene rings is 2. The van der Waals surface area contributed by atoms with Crippen LogP contribution in [0.25, 0.3) is 22.1 Å². The minimum Gasteiger partial charge on any atom is -0.459 e. The summed E-state index contributed by atoms with van der Waals surface area (Å²) in [5, 5.41) is 4.46. The Morgan fingerprint density at radius 3 is 2.60 bits per heavy atom. The van der Waals surface area contributed by atoms with E-state index >= 15 is 0 Å². The molecule has 0 saturated heterocycles. The van der Waals surface area contributed by atoms with Crippen molar-refractivity contribution in [1.29, 1.82) is 0 Å². The van der Waals surface area contributed by atoms with Crippen LogP contribution in [-0.4, -0.2) is 11.5 Å². The fourth-order valence-corrected chi connectivity index (χ4v) is 4.57. The van der Waals surface area contributed by atoms with Gasteiger partial charge in [0.2, 0.25) is 0 Å². The van der Waals surface area contributed by atoms with Crippen molar-refractivity contribution in [3.05, 3.63) is 98.9 Å². The fraction of sp³-hybridized carbons (Fsp3) is 0.241. The third-order valence-corrected chi connectivity index (χ3v) is 6.58. The molecule has 2 aromatic carbocycles. The minimum atomic E-state index is -0.514. The van der Waals surface area contributed by atoms with E-state index in [1.54, 1.807) is 36.5 Å². The SMILES string of the molecule is O=c1cc(CNCC2CCCC2)oc2ccc(C#Cc3ncc(-c4ccc(Cl)cc4)cc3F)cc12. The molecule has 1 fully saturated rings. The second-order valence-electron chi connectivity index (χ2n) is 8.88. The van der Waals surface area contributed by atoms with Crippen LogP contribution >= 0.6 is 11.6 Å². The van der Waals surface area contributed by atoms with Gasteiger partial charge in [0, 0.05) is 28.4 Å². The second kappa shape index (κ2) is 10.4. The lowest BCUT2D eigenvalue weighted by Gasteiger charge is -2.10. The van der Waals surface area contributed by atoms with Crippen LogP contribution in [0.1, 0.15) is 42.7 Å². The Labute approximate surface area is 208 Å². The van der Waals surface area contributed by atoms with Gasteiger partial charge in [-0.2, -0.15) is 0 Å². The molecule has 2 heterocycles. The lowest BCUT2D eigenvalue weighted by Crippen LogP contribution is -2.21. The van der Waals surface area contributed by atoms with Crippen molar-refractivity contribution >= 4 is 22.6 Å². The van der Waals surface area contributed by atoms with Gasteiger partial charge >= 0.3 is 0 Å². The second-order valence-corrected chi connectivity index (χ2v) is 9.32. The molecule has 1 aliphatic carbocycles. The van der Waals surface area contributed by atoms with Gasteiger partial charge in [-0.1, -0.05) is 42.5 Å². The van der Waals surface area contributed by atoms with Gasteiger partial charge < -0.3 is 9.73 Å². The highest BCUT2D eigenvalue weighted by atomic mass is 35.5. The van der Waals surface area contributed by atoms with E-state index in [-0.39, 0.29) is 11.1 Å². The number of hydrogen-bond acceptors (Lipinski definition) is 4. The van der Waals surface area contributed by atoms with Crippen LogP contribution in [0.15, 0.2) is 70.0 Å². The summed E-state index contributed by atoms with van der Waals surface area (Å²) in [5.74, 6) is 6.49. The highest BCUT2D eigenvalue weighted by Crippen LogP contribution is 2.24. The molecular formula is C29H24ClFN2O2. The molecule has 0 spiro atoms. The smallest absolute Gasteiger partial charge is 0.193 e. The van der Waals surface area contributed by atoms with E-state index in [4.69, 9.17) is 16.0 Å². The number of nitrogens with zero attached hydrogens (tertiary/aromatic N) is 1. The van der Waals surface area contributed by atoms with Gasteiger partial charge in [0.25, 0.3) is 0 Å². The van der Waals surface area contributed by atoms with Gasteiger partial charge in [0.1, 0.15) is 17.0 Å². The predicted octanol–water partition coefficient (Wildman–Crippen LogP) is 6.33. The van der Waals surface area contributed by atoms with Crippen molar-refractivity contribution < 1.29 is 8.81 Å². The molecule has 6 heteroatoms. The molecule has 4 nitrogen and oxygen atoms in total. The average Bonchev–Trinajstić information content (AvgIpc) is 3.38. The number of pyridine rings is 1. The molecule has 0 unspecified atom stereocenters. The van der Waals surface area contributed by atoms with Crippen LogP contribution in [0.2, 0.25) is 5.02 Å². The summed E-state index contributed by atoms with van der Waals surface area (Å²) >= 11 is 5.91. The number of aromatic nitrogens is 1. The summed E-state index contributed by atoms with van der Waals surface area (Å²) in [4.78, 5) is 16.8. The zero-order valence-corrected chi connectivity index (χ0v) is 19.9. The van der Waals surface area contributed by atoms with E-state index in [2.05, 4.69) is 22.1 Å². The van der Waals surface area contributed by atoms with E-state index in [0.717, 1.165) is 18.0 Å². The summed E-state index contributed by atoms with van der Waals surface area (Å²) in [6, 6.07) is 15.2. The molecule has 1 saturated carbocycles. The van der Waals surface area contributed by atoms with Crippen LogP contribution < -0.4 is 10.7 Å². The zero-order chi connectivity index (χ0) is 24.2. The van der Waals surface area contributed by atoms with Gasteiger partial charge in [-0.3, -0.25) is 4.79 Å². The van der Waals surface area contributed by atoms with Crippen LogP contribution in [0.4, 0.5) is 4.39 Å². The molecule has 1 N–H and O–H groups in total. The van der Waals surface area contributed by atoms with Crippen LogP contribution in [0, 0.1) is 23.6 Å². The van der Waals surface area contributed by atoms with Crippen molar-refractivity contribution in [2.24, 2.45) is 5.92 Å². The highest BCUT2D eigenvalue weighted by molar-refractivity contribution is 6.30. The molecular weight excluding hydrogens is 463 g/mol. The third kappa shape index (κ3) is 5.62. The lowest BCUT2D eigenvalue weighted by molar-refractivity contribution is 0.451. The highest BCUT2D eigenvalue weighted by Gasteiger charge is 2.14. The lowest BCUT2D eigenvalue weighted by atomic mass is 10.1. The van der Waals surface area contributed by atoms with E-state index in [0.29, 0.717) is 39.4 Å². The molecule has 0 amide bonds. The van der Waals surface area contributed by atoms with Crippen molar-refractivity contribution in [3.8, 4) is 23.0 Å².